The Bertz CT molecular complexity index is 515. The van der Waals surface area contributed by atoms with Crippen LogP contribution in [0.5, 0.6) is 5.88 Å². The van der Waals surface area contributed by atoms with Crippen LogP contribution in [0, 0.1) is 26.0 Å². The van der Waals surface area contributed by atoms with Crippen molar-refractivity contribution in [2.45, 2.75) is 46.3 Å². The van der Waals surface area contributed by atoms with Crippen molar-refractivity contribution in [3.8, 4) is 5.88 Å². The van der Waals surface area contributed by atoms with Gasteiger partial charge >= 0.3 is 5.88 Å². The van der Waals surface area contributed by atoms with Gasteiger partial charge in [-0.1, -0.05) is 0 Å². The molecule has 1 aliphatic rings. The molecule has 0 unspecified atom stereocenters. The Morgan fingerprint density at radius 2 is 1.70 bits per heavy atom. The lowest BCUT2D eigenvalue weighted by Gasteiger charge is -2.36. The molecule has 1 aliphatic heterocycles. The molecule has 0 bridgehead atoms. The highest BCUT2D eigenvalue weighted by Crippen LogP contribution is 2.34. The first-order valence-corrected chi connectivity index (χ1v) is 6.83. The van der Waals surface area contributed by atoms with Crippen LogP contribution in [-0.4, -0.2) is 26.1 Å². The lowest BCUT2D eigenvalue weighted by molar-refractivity contribution is -0.619. The number of hydrogen-bond donors (Lipinski definition) is 0. The molecule has 2 rings (SSSR count). The molecule has 1 fully saturated rings. The Balaban J connectivity index is 2.45. The van der Waals surface area contributed by atoms with E-state index in [1.807, 2.05) is 34.6 Å². The molecule has 5 nitrogen and oxygen atoms in total. The number of rotatable bonds is 2. The lowest BCUT2D eigenvalue weighted by Crippen LogP contribution is -2.40. The van der Waals surface area contributed by atoms with Crippen LogP contribution in [0.15, 0.2) is 0 Å². The molecule has 0 aromatic carbocycles. The second-order valence-corrected chi connectivity index (χ2v) is 5.77. The molecule has 1 aromatic rings. The monoisotopic (exact) mass is 281 g/mol. The number of aromatic nitrogens is 1. The normalized spacial score (nSPS) is 19.1. The van der Waals surface area contributed by atoms with Crippen LogP contribution in [0.2, 0.25) is 0 Å². The topological polar surface area (TPSA) is 54.6 Å². The first-order valence-electron chi connectivity index (χ1n) is 6.83. The van der Waals surface area contributed by atoms with E-state index in [-0.39, 0.29) is 5.92 Å². The van der Waals surface area contributed by atoms with E-state index in [2.05, 4.69) is 0 Å². The van der Waals surface area contributed by atoms with Gasteiger partial charge in [0.05, 0.1) is 25.9 Å². The van der Waals surface area contributed by atoms with E-state index in [4.69, 9.17) is 14.2 Å². The molecule has 0 radical (unpaired) electrons. The highest BCUT2D eigenvalue weighted by Gasteiger charge is 2.33. The molecule has 5 heteroatoms. The van der Waals surface area contributed by atoms with E-state index in [0.29, 0.717) is 24.8 Å². The molecule has 20 heavy (non-hydrogen) atoms. The number of methoxy groups -OCH3 is 1. The van der Waals surface area contributed by atoms with Gasteiger partial charge in [-0.3, -0.25) is 0 Å². The number of nitrogens with zero attached hydrogens (tertiary/aromatic N) is 1. The van der Waals surface area contributed by atoms with Gasteiger partial charge in [-0.2, -0.15) is 0 Å². The van der Waals surface area contributed by atoms with E-state index in [1.54, 1.807) is 0 Å². The standard InChI is InChI=1S/C15H23NO4/c1-9-11(3)16(17)14(18-6)10(2)13(9)12-7-19-15(4,5)20-8-12/h12H,7-8H2,1-6H3. The van der Waals surface area contributed by atoms with Crippen molar-refractivity contribution in [1.29, 1.82) is 0 Å². The fourth-order valence-corrected chi connectivity index (χ4v) is 2.76. The first kappa shape index (κ1) is 15.1. The van der Waals surface area contributed by atoms with Crippen LogP contribution in [0.4, 0.5) is 0 Å². The molecule has 1 aromatic heterocycles. The third-order valence-electron chi connectivity index (χ3n) is 4.03. The average Bonchev–Trinajstić information content (AvgIpc) is 2.39. The summed E-state index contributed by atoms with van der Waals surface area (Å²) in [5.41, 5.74) is 3.60. The minimum atomic E-state index is -0.537. The van der Waals surface area contributed by atoms with Crippen molar-refractivity contribution in [3.63, 3.8) is 0 Å². The second-order valence-electron chi connectivity index (χ2n) is 5.77. The Hall–Kier alpha value is -1.33. The number of hydrogen-bond acceptors (Lipinski definition) is 4. The van der Waals surface area contributed by atoms with Gasteiger partial charge in [0.1, 0.15) is 0 Å². The van der Waals surface area contributed by atoms with Crippen molar-refractivity contribution in [3.05, 3.63) is 27.6 Å². The Kier molecular flexibility index (Phi) is 3.93. The molecule has 0 saturated carbocycles. The van der Waals surface area contributed by atoms with E-state index in [1.165, 1.54) is 7.11 Å². The molecule has 2 heterocycles. The predicted octanol–water partition coefficient (Wildman–Crippen LogP) is 2.12. The van der Waals surface area contributed by atoms with Crippen molar-refractivity contribution >= 4 is 0 Å². The minimum absolute atomic E-state index is 0.122. The van der Waals surface area contributed by atoms with E-state index < -0.39 is 5.79 Å². The zero-order valence-electron chi connectivity index (χ0n) is 13.1. The molecule has 0 N–H and O–H groups in total. The van der Waals surface area contributed by atoms with Gasteiger partial charge in [0, 0.05) is 18.4 Å². The van der Waals surface area contributed by atoms with Crippen molar-refractivity contribution in [2.24, 2.45) is 0 Å². The molecule has 0 spiro atoms. The second kappa shape index (κ2) is 5.22. The van der Waals surface area contributed by atoms with Gasteiger partial charge in [-0.25, -0.2) is 0 Å². The minimum Gasteiger partial charge on any atom is -0.616 e. The van der Waals surface area contributed by atoms with E-state index in [9.17, 15) is 5.21 Å². The quantitative estimate of drug-likeness (QED) is 0.615. The summed E-state index contributed by atoms with van der Waals surface area (Å²) in [7, 11) is 1.52. The van der Waals surface area contributed by atoms with Gasteiger partial charge in [0.25, 0.3) is 0 Å². The molecule has 0 atom stereocenters. The summed E-state index contributed by atoms with van der Waals surface area (Å²) < 4.78 is 17.6. The molecule has 0 aliphatic carbocycles. The molecule has 0 amide bonds. The summed E-state index contributed by atoms with van der Waals surface area (Å²) in [5, 5.41) is 12.1. The van der Waals surface area contributed by atoms with Crippen LogP contribution >= 0.6 is 0 Å². The summed E-state index contributed by atoms with van der Waals surface area (Å²) >= 11 is 0. The highest BCUT2D eigenvalue weighted by atomic mass is 16.7. The van der Waals surface area contributed by atoms with Crippen molar-refractivity contribution < 1.29 is 18.9 Å². The van der Waals surface area contributed by atoms with Gasteiger partial charge < -0.3 is 19.4 Å². The highest BCUT2D eigenvalue weighted by molar-refractivity contribution is 5.41. The van der Waals surface area contributed by atoms with Crippen LogP contribution in [-0.2, 0) is 9.47 Å². The maximum absolute atomic E-state index is 12.1. The van der Waals surface area contributed by atoms with Gasteiger partial charge in [0.15, 0.2) is 11.5 Å². The van der Waals surface area contributed by atoms with E-state index >= 15 is 0 Å². The third kappa shape index (κ3) is 2.47. The van der Waals surface area contributed by atoms with Crippen LogP contribution in [0.25, 0.3) is 0 Å². The number of ether oxygens (including phenoxy) is 3. The van der Waals surface area contributed by atoms with Gasteiger partial charge in [-0.15, -0.1) is 4.73 Å². The lowest BCUT2D eigenvalue weighted by atomic mass is 9.91. The molecular weight excluding hydrogens is 258 g/mol. The maximum Gasteiger partial charge on any atom is 0.382 e. The van der Waals surface area contributed by atoms with E-state index in [0.717, 1.165) is 21.4 Å². The predicted molar refractivity (Wildman–Crippen MR) is 74.9 cm³/mol. The summed E-state index contributed by atoms with van der Waals surface area (Å²) in [4.78, 5) is 0. The van der Waals surface area contributed by atoms with Crippen LogP contribution in [0.1, 0.15) is 42.1 Å². The fraction of sp³-hybridized carbons (Fsp3) is 0.667. The SMILES string of the molecule is COc1c(C)c(C2COC(C)(C)OC2)c(C)c(C)[n+]1[O-]. The van der Waals surface area contributed by atoms with Crippen LogP contribution < -0.4 is 9.47 Å². The Morgan fingerprint density at radius 1 is 1.15 bits per heavy atom. The van der Waals surface area contributed by atoms with Crippen molar-refractivity contribution in [1.82, 2.24) is 0 Å². The molecular formula is C15H23NO4. The van der Waals surface area contributed by atoms with Gasteiger partial charge in [-0.05, 0) is 33.3 Å². The smallest absolute Gasteiger partial charge is 0.382 e. The molecule has 1 saturated heterocycles. The van der Waals surface area contributed by atoms with Crippen LogP contribution in [0.3, 0.4) is 0 Å². The Morgan fingerprint density at radius 3 is 2.20 bits per heavy atom. The number of pyridine rings is 1. The van der Waals surface area contributed by atoms with Crippen molar-refractivity contribution in [2.75, 3.05) is 20.3 Å². The Labute approximate surface area is 120 Å². The van der Waals surface area contributed by atoms with Gasteiger partial charge in [0.2, 0.25) is 0 Å². The third-order valence-corrected chi connectivity index (χ3v) is 4.03. The summed E-state index contributed by atoms with van der Waals surface area (Å²) in [5.74, 6) is -0.0604. The molecule has 112 valence electrons. The zero-order chi connectivity index (χ0) is 15.1. The first-order chi connectivity index (χ1) is 9.28. The summed E-state index contributed by atoms with van der Waals surface area (Å²) in [6.45, 7) is 10.7. The summed E-state index contributed by atoms with van der Waals surface area (Å²) in [6.07, 6.45) is 0. The summed E-state index contributed by atoms with van der Waals surface area (Å²) in [6, 6.07) is 0. The zero-order valence-corrected chi connectivity index (χ0v) is 13.1. The average molecular weight is 281 g/mol. The maximum atomic E-state index is 12.1. The largest absolute Gasteiger partial charge is 0.616 e. The fourth-order valence-electron chi connectivity index (χ4n) is 2.76.